The molecule has 0 radical (unpaired) electrons. The smallest absolute Gasteiger partial charge is 0.120 e. The van der Waals surface area contributed by atoms with Crippen LogP contribution in [0, 0.1) is 22.7 Å². The van der Waals surface area contributed by atoms with E-state index in [1.165, 1.54) is 0 Å². The summed E-state index contributed by atoms with van der Waals surface area (Å²) in [6, 6.07) is 6.01. The Bertz CT molecular complexity index is 378. The summed E-state index contributed by atoms with van der Waals surface area (Å²) < 4.78 is 1.79. The molecule has 1 N–H and O–H groups in total. The van der Waals surface area contributed by atoms with Crippen LogP contribution in [-0.4, -0.2) is 11.1 Å². The second kappa shape index (κ2) is 5.06. The Labute approximate surface area is 83.4 Å². The van der Waals surface area contributed by atoms with Crippen LogP contribution in [0.2, 0.25) is 0 Å². The second-order valence-electron chi connectivity index (χ2n) is 3.04. The van der Waals surface area contributed by atoms with E-state index in [-0.39, 0.29) is 0 Å². The van der Waals surface area contributed by atoms with Gasteiger partial charge < -0.3 is 9.88 Å². The Hall–Kier alpha value is -1.78. The van der Waals surface area contributed by atoms with Gasteiger partial charge in [0.05, 0.1) is 6.07 Å². The molecule has 0 atom stereocenters. The molecular formula is C10H12N4. The highest BCUT2D eigenvalue weighted by atomic mass is 14.9. The molecule has 1 heterocycles. The van der Waals surface area contributed by atoms with Crippen molar-refractivity contribution in [2.24, 2.45) is 7.05 Å². The van der Waals surface area contributed by atoms with Crippen LogP contribution in [0.5, 0.6) is 0 Å². The zero-order chi connectivity index (χ0) is 10.4. The molecule has 0 aromatic carbocycles. The van der Waals surface area contributed by atoms with Gasteiger partial charge in [0.1, 0.15) is 11.8 Å². The van der Waals surface area contributed by atoms with E-state index in [1.54, 1.807) is 4.57 Å². The predicted molar refractivity (Wildman–Crippen MR) is 52.1 cm³/mol. The molecule has 0 unspecified atom stereocenters. The van der Waals surface area contributed by atoms with Crippen molar-refractivity contribution in [2.75, 3.05) is 6.54 Å². The maximum atomic E-state index is 8.71. The molecule has 0 spiro atoms. The molecule has 0 amide bonds. The Balaban J connectivity index is 2.45. The van der Waals surface area contributed by atoms with Crippen LogP contribution in [0.4, 0.5) is 0 Å². The lowest BCUT2D eigenvalue weighted by molar-refractivity contribution is 0.697. The summed E-state index contributed by atoms with van der Waals surface area (Å²) in [6.45, 7) is 1.39. The van der Waals surface area contributed by atoms with Crippen LogP contribution < -0.4 is 5.32 Å². The third-order valence-corrected chi connectivity index (χ3v) is 1.92. The molecule has 0 aliphatic carbocycles. The van der Waals surface area contributed by atoms with E-state index in [0.717, 1.165) is 5.56 Å². The largest absolute Gasteiger partial charge is 0.342 e. The van der Waals surface area contributed by atoms with Gasteiger partial charge in [-0.3, -0.25) is 0 Å². The average Bonchev–Trinajstić information content (AvgIpc) is 2.54. The fourth-order valence-electron chi connectivity index (χ4n) is 1.22. The van der Waals surface area contributed by atoms with E-state index in [1.807, 2.05) is 19.3 Å². The van der Waals surface area contributed by atoms with Crippen LogP contribution in [0.1, 0.15) is 17.7 Å². The summed E-state index contributed by atoms with van der Waals surface area (Å²) in [5.41, 5.74) is 1.73. The molecule has 0 bridgehead atoms. The van der Waals surface area contributed by atoms with Crippen molar-refractivity contribution in [3.63, 3.8) is 0 Å². The van der Waals surface area contributed by atoms with Gasteiger partial charge in [-0.25, -0.2) is 0 Å². The van der Waals surface area contributed by atoms with Gasteiger partial charge in [-0.15, -0.1) is 0 Å². The Morgan fingerprint density at radius 1 is 1.50 bits per heavy atom. The molecule has 4 heteroatoms. The fourth-order valence-corrected chi connectivity index (χ4v) is 1.22. The van der Waals surface area contributed by atoms with Crippen LogP contribution in [0.3, 0.4) is 0 Å². The monoisotopic (exact) mass is 188 g/mol. The molecule has 14 heavy (non-hydrogen) atoms. The minimum absolute atomic E-state index is 0.512. The number of aromatic nitrogens is 1. The number of rotatable bonds is 4. The summed E-state index contributed by atoms with van der Waals surface area (Å²) in [5, 5.41) is 20.1. The number of aryl methyl sites for hydroxylation is 1. The zero-order valence-electron chi connectivity index (χ0n) is 8.12. The van der Waals surface area contributed by atoms with Crippen molar-refractivity contribution in [2.45, 2.75) is 13.0 Å². The topological polar surface area (TPSA) is 64.5 Å². The van der Waals surface area contributed by atoms with Crippen LogP contribution in [0.25, 0.3) is 0 Å². The van der Waals surface area contributed by atoms with Gasteiger partial charge in [0.15, 0.2) is 0 Å². The van der Waals surface area contributed by atoms with Crippen molar-refractivity contribution in [3.8, 4) is 12.1 Å². The summed E-state index contributed by atoms with van der Waals surface area (Å²) in [4.78, 5) is 0. The Morgan fingerprint density at radius 3 is 2.86 bits per heavy atom. The molecule has 72 valence electrons. The Kier molecular flexibility index (Phi) is 3.72. The maximum absolute atomic E-state index is 8.71. The normalized spacial score (nSPS) is 9.36. The molecule has 4 nitrogen and oxygen atoms in total. The van der Waals surface area contributed by atoms with Gasteiger partial charge in [-0.05, 0) is 11.6 Å². The maximum Gasteiger partial charge on any atom is 0.120 e. The highest BCUT2D eigenvalue weighted by molar-refractivity contribution is 5.28. The van der Waals surface area contributed by atoms with Crippen molar-refractivity contribution in [1.82, 2.24) is 9.88 Å². The number of nitriles is 2. The average molecular weight is 188 g/mol. The lowest BCUT2D eigenvalue weighted by Gasteiger charge is -1.97. The van der Waals surface area contributed by atoms with Gasteiger partial charge in [-0.1, -0.05) is 0 Å². The summed E-state index contributed by atoms with van der Waals surface area (Å²) in [7, 11) is 1.84. The van der Waals surface area contributed by atoms with E-state index in [0.29, 0.717) is 25.2 Å². The summed E-state index contributed by atoms with van der Waals surface area (Å²) in [6.07, 6.45) is 2.43. The molecule has 0 aliphatic rings. The minimum Gasteiger partial charge on any atom is -0.342 e. The predicted octanol–water partition coefficient (Wildman–Crippen LogP) is 0.900. The van der Waals surface area contributed by atoms with Gasteiger partial charge in [0.25, 0.3) is 0 Å². The second-order valence-corrected chi connectivity index (χ2v) is 3.04. The van der Waals surface area contributed by atoms with Gasteiger partial charge in [0.2, 0.25) is 0 Å². The zero-order valence-corrected chi connectivity index (χ0v) is 8.12. The lowest BCUT2D eigenvalue weighted by atomic mass is 10.3. The van der Waals surface area contributed by atoms with Gasteiger partial charge in [-0.2, -0.15) is 10.5 Å². The number of hydrogen-bond donors (Lipinski definition) is 1. The SMILES string of the molecule is Cn1cc(CNCCC#N)cc1C#N. The first kappa shape index (κ1) is 10.3. The number of hydrogen-bond acceptors (Lipinski definition) is 3. The standard InChI is InChI=1S/C10H12N4/c1-14-8-9(5-10(14)6-12)7-13-4-2-3-11/h5,8,13H,2,4,7H2,1H3. The number of nitrogens with zero attached hydrogens (tertiary/aromatic N) is 3. The molecule has 0 aliphatic heterocycles. The van der Waals surface area contributed by atoms with E-state index >= 15 is 0 Å². The lowest BCUT2D eigenvalue weighted by Crippen LogP contribution is -2.13. The molecule has 1 aromatic rings. The number of nitrogens with one attached hydrogen (secondary N) is 1. The van der Waals surface area contributed by atoms with Crippen molar-refractivity contribution < 1.29 is 0 Å². The van der Waals surface area contributed by atoms with Crippen molar-refractivity contribution >= 4 is 0 Å². The van der Waals surface area contributed by atoms with E-state index in [4.69, 9.17) is 10.5 Å². The first-order valence-corrected chi connectivity index (χ1v) is 4.41. The highest BCUT2D eigenvalue weighted by Gasteiger charge is 2.00. The highest BCUT2D eigenvalue weighted by Crippen LogP contribution is 2.05. The molecule has 0 saturated carbocycles. The molecule has 0 saturated heterocycles. The van der Waals surface area contributed by atoms with E-state index in [9.17, 15) is 0 Å². The first-order chi connectivity index (χ1) is 6.77. The van der Waals surface area contributed by atoms with Crippen LogP contribution in [0.15, 0.2) is 12.3 Å². The third kappa shape index (κ3) is 2.62. The summed E-state index contributed by atoms with van der Waals surface area (Å²) in [5.74, 6) is 0. The minimum atomic E-state index is 0.512. The van der Waals surface area contributed by atoms with Crippen molar-refractivity contribution in [3.05, 3.63) is 23.5 Å². The van der Waals surface area contributed by atoms with E-state index < -0.39 is 0 Å². The summed E-state index contributed by atoms with van der Waals surface area (Å²) >= 11 is 0. The molecular weight excluding hydrogens is 176 g/mol. The Morgan fingerprint density at radius 2 is 2.29 bits per heavy atom. The van der Waals surface area contributed by atoms with Crippen LogP contribution >= 0.6 is 0 Å². The molecule has 1 rings (SSSR count). The molecule has 0 fully saturated rings. The first-order valence-electron chi connectivity index (χ1n) is 4.41. The third-order valence-electron chi connectivity index (χ3n) is 1.92. The van der Waals surface area contributed by atoms with Crippen LogP contribution in [-0.2, 0) is 13.6 Å². The quantitative estimate of drug-likeness (QED) is 0.714. The van der Waals surface area contributed by atoms with Gasteiger partial charge >= 0.3 is 0 Å². The van der Waals surface area contributed by atoms with Gasteiger partial charge in [0, 0.05) is 32.8 Å². The molecule has 1 aromatic heterocycles. The fraction of sp³-hybridized carbons (Fsp3) is 0.400. The van der Waals surface area contributed by atoms with E-state index in [2.05, 4.69) is 17.5 Å². The van der Waals surface area contributed by atoms with Crippen molar-refractivity contribution in [1.29, 1.82) is 10.5 Å².